The number of anilines is 2. The Bertz CT molecular complexity index is 2300. The van der Waals surface area contributed by atoms with Crippen LogP contribution in [0.3, 0.4) is 0 Å². The van der Waals surface area contributed by atoms with Crippen LogP contribution in [-0.2, 0) is 51.2 Å². The number of hydrogen-bond donors (Lipinski definition) is 4. The summed E-state index contributed by atoms with van der Waals surface area (Å²) in [7, 11) is 0. The average Bonchev–Trinajstić information content (AvgIpc) is 3.91. The number of likely N-dealkylation sites (tertiary alicyclic amines) is 1. The number of carbonyl (C=O) groups is 4. The number of hydrogen-bond acceptors (Lipinski definition) is 14. The largest absolute Gasteiger partial charge is 0.394 e. The number of nitrogens with zero attached hydrogens (tertiary/aromatic N) is 3. The Morgan fingerprint density at radius 2 is 1.53 bits per heavy atom. The van der Waals surface area contributed by atoms with Gasteiger partial charge in [0.15, 0.2) is 0 Å². The van der Waals surface area contributed by atoms with Crippen molar-refractivity contribution in [3.63, 3.8) is 0 Å². The van der Waals surface area contributed by atoms with E-state index in [-0.39, 0.29) is 56.0 Å². The molecule has 4 N–H and O–H groups in total. The van der Waals surface area contributed by atoms with Gasteiger partial charge in [-0.25, -0.2) is 0 Å². The van der Waals surface area contributed by atoms with Gasteiger partial charge < -0.3 is 44.3 Å². The van der Waals surface area contributed by atoms with Crippen molar-refractivity contribution in [3.8, 4) is 11.1 Å². The number of thioether (sulfide) groups is 1. The minimum absolute atomic E-state index is 0.00211. The molecule has 5 heterocycles. The van der Waals surface area contributed by atoms with Gasteiger partial charge in [-0.1, -0.05) is 24.3 Å². The van der Waals surface area contributed by atoms with Gasteiger partial charge in [0.25, 0.3) is 5.91 Å². The number of fused-ring (bicyclic) bond motifs is 4. The number of imide groups is 1. The number of aromatic nitrogens is 1. The van der Waals surface area contributed by atoms with E-state index >= 15 is 0 Å². The maximum absolute atomic E-state index is 13.1. The third kappa shape index (κ3) is 12.0. The molecule has 0 saturated carbocycles. The summed E-state index contributed by atoms with van der Waals surface area (Å²) in [6.07, 6.45) is 5.23. The summed E-state index contributed by atoms with van der Waals surface area (Å²) in [6.45, 7) is 5.74. The number of aliphatic hydroxyl groups excluding tert-OH is 1. The zero-order chi connectivity index (χ0) is 45.7. The highest BCUT2D eigenvalue weighted by molar-refractivity contribution is 7.99. The molecule has 0 spiro atoms. The maximum Gasteiger partial charge on any atom is 0.255 e. The molecule has 4 atom stereocenters. The van der Waals surface area contributed by atoms with Crippen LogP contribution in [0.4, 0.5) is 11.4 Å². The van der Waals surface area contributed by atoms with Crippen LogP contribution >= 0.6 is 11.8 Å². The minimum atomic E-state index is -0.633. The molecule has 1 unspecified atom stereocenters. The highest BCUT2D eigenvalue weighted by Crippen LogP contribution is 2.48. The summed E-state index contributed by atoms with van der Waals surface area (Å²) >= 11 is 1.60. The molecule has 3 aromatic carbocycles. The zero-order valence-electron chi connectivity index (χ0n) is 37.0. The van der Waals surface area contributed by atoms with E-state index < -0.39 is 11.9 Å². The lowest BCUT2D eigenvalue weighted by Gasteiger charge is -2.39. The first-order valence-electron chi connectivity index (χ1n) is 22.7. The fourth-order valence-electron chi connectivity index (χ4n) is 9.16. The van der Waals surface area contributed by atoms with Gasteiger partial charge in [-0.2, -0.15) is 0 Å². The first-order valence-corrected chi connectivity index (χ1v) is 23.7. The van der Waals surface area contributed by atoms with Crippen molar-refractivity contribution in [1.82, 2.24) is 20.1 Å². The smallest absolute Gasteiger partial charge is 0.255 e. The number of pyridine rings is 1. The molecule has 0 radical (unpaired) electrons. The van der Waals surface area contributed by atoms with Crippen molar-refractivity contribution in [2.75, 3.05) is 95.6 Å². The standard InChI is InChI=1S/C49H58N6O10S/c56-31-42-38-13-16-54(29-33-11-14-50-15-12-33)47(38)39-28-35(7-8-41(39)52-42)34-3-1-4-36(27-34)51-46(58)32-65-24-23-63-20-19-61-17-18-62-21-22-64-25-26-66-44-6-2-5-37-40(44)30-55(49(37)60)43-9-10-45(57)53-48(43)59/h1-8,11-12,14-15,27-28,38,42-43,47,52,56H,9-10,13,16-26,29-32H2,(H,51,58)(H,53,57,59)/t38-,42-,43?,47-/m1/s1. The van der Waals surface area contributed by atoms with Gasteiger partial charge in [0.2, 0.25) is 17.7 Å². The van der Waals surface area contributed by atoms with Crippen molar-refractivity contribution in [1.29, 1.82) is 0 Å². The van der Waals surface area contributed by atoms with Crippen LogP contribution in [0.25, 0.3) is 11.1 Å². The predicted octanol–water partition coefficient (Wildman–Crippen LogP) is 4.67. The van der Waals surface area contributed by atoms with Crippen molar-refractivity contribution in [2.24, 2.45) is 5.92 Å². The van der Waals surface area contributed by atoms with E-state index in [1.165, 1.54) is 11.1 Å². The van der Waals surface area contributed by atoms with Crippen molar-refractivity contribution in [3.05, 3.63) is 107 Å². The quantitative estimate of drug-likeness (QED) is 0.0431. The molecule has 4 aromatic rings. The molecular weight excluding hydrogens is 865 g/mol. The fraction of sp³-hybridized carbons (Fsp3) is 0.449. The Morgan fingerprint density at radius 3 is 2.27 bits per heavy atom. The van der Waals surface area contributed by atoms with Gasteiger partial charge >= 0.3 is 0 Å². The number of amides is 4. The topological polar surface area (TPSA) is 190 Å². The van der Waals surface area contributed by atoms with Gasteiger partial charge in [0, 0.05) is 71.5 Å². The van der Waals surface area contributed by atoms with Crippen LogP contribution in [-0.4, -0.2) is 141 Å². The number of benzene rings is 3. The lowest BCUT2D eigenvalue weighted by Crippen LogP contribution is -2.52. The second-order valence-corrected chi connectivity index (χ2v) is 17.8. The van der Waals surface area contributed by atoms with Gasteiger partial charge in [-0.3, -0.25) is 34.4 Å². The molecule has 4 amide bonds. The van der Waals surface area contributed by atoms with Crippen LogP contribution in [0.5, 0.6) is 0 Å². The molecule has 8 rings (SSSR count). The molecule has 0 aliphatic carbocycles. The number of carbonyl (C=O) groups excluding carboxylic acids is 4. The Hall–Kier alpha value is -5.24. The van der Waals surface area contributed by atoms with Gasteiger partial charge in [-0.05, 0) is 95.7 Å². The van der Waals surface area contributed by atoms with Gasteiger partial charge in [0.1, 0.15) is 12.6 Å². The van der Waals surface area contributed by atoms with E-state index in [4.69, 9.17) is 23.7 Å². The van der Waals surface area contributed by atoms with Crippen LogP contribution in [0, 0.1) is 5.92 Å². The van der Waals surface area contributed by atoms with E-state index in [0.717, 1.165) is 46.8 Å². The lowest BCUT2D eigenvalue weighted by molar-refractivity contribution is -0.137. The Balaban J connectivity index is 0.652. The lowest BCUT2D eigenvalue weighted by atomic mass is 9.82. The predicted molar refractivity (Wildman–Crippen MR) is 248 cm³/mol. The second-order valence-electron chi connectivity index (χ2n) is 16.6. The molecule has 4 aliphatic rings. The van der Waals surface area contributed by atoms with Crippen molar-refractivity contribution < 1.29 is 48.0 Å². The van der Waals surface area contributed by atoms with E-state index in [2.05, 4.69) is 56.2 Å². The zero-order valence-corrected chi connectivity index (χ0v) is 37.8. The summed E-state index contributed by atoms with van der Waals surface area (Å²) in [5.74, 6) is -0.157. The molecule has 4 aliphatic heterocycles. The number of ether oxygens (including phenoxy) is 5. The first-order chi connectivity index (χ1) is 32.4. The summed E-state index contributed by atoms with van der Waals surface area (Å²) in [6, 6.07) is 23.5. The fourth-order valence-corrected chi connectivity index (χ4v) is 10.1. The Labute approximate surface area is 389 Å². The number of nitrogens with one attached hydrogen (secondary N) is 3. The summed E-state index contributed by atoms with van der Waals surface area (Å²) in [5.41, 5.74) is 7.73. The summed E-state index contributed by atoms with van der Waals surface area (Å²) in [5, 5.41) is 19.1. The number of piperidine rings is 1. The maximum atomic E-state index is 13.1. The van der Waals surface area contributed by atoms with Crippen LogP contribution in [0.1, 0.15) is 52.4 Å². The minimum Gasteiger partial charge on any atom is -0.394 e. The average molecular weight is 923 g/mol. The van der Waals surface area contributed by atoms with E-state index in [0.29, 0.717) is 88.7 Å². The summed E-state index contributed by atoms with van der Waals surface area (Å²) < 4.78 is 28.1. The monoisotopic (exact) mass is 922 g/mol. The van der Waals surface area contributed by atoms with E-state index in [1.807, 2.05) is 48.8 Å². The van der Waals surface area contributed by atoms with Gasteiger partial charge in [0.05, 0.1) is 72.1 Å². The molecule has 350 valence electrons. The van der Waals surface area contributed by atoms with Gasteiger partial charge in [-0.15, -0.1) is 11.8 Å². The number of aliphatic hydroxyl groups is 1. The van der Waals surface area contributed by atoms with Crippen LogP contribution in [0.2, 0.25) is 0 Å². The molecule has 17 heteroatoms. The SMILES string of the molecule is O=C1CCC(N2Cc3c(SCCOCCOCCOCCOCCOCC(=O)Nc4cccc(-c5ccc6c(c5)[C@H]5[C@H](CCN5Cc5ccncc5)[C@@H](CO)N6)c4)cccc3C2=O)C(=O)N1. The molecule has 0 bridgehead atoms. The third-order valence-corrected chi connectivity index (χ3v) is 13.4. The summed E-state index contributed by atoms with van der Waals surface area (Å²) in [4.78, 5) is 59.0. The van der Waals surface area contributed by atoms with Crippen molar-refractivity contribution >= 4 is 46.8 Å². The number of rotatable bonds is 24. The van der Waals surface area contributed by atoms with Crippen LogP contribution < -0.4 is 16.0 Å². The highest BCUT2D eigenvalue weighted by Gasteiger charge is 2.44. The van der Waals surface area contributed by atoms with Crippen LogP contribution in [0.15, 0.2) is 90.1 Å². The van der Waals surface area contributed by atoms with E-state index in [1.54, 1.807) is 22.7 Å². The van der Waals surface area contributed by atoms with Crippen molar-refractivity contribution in [2.45, 2.75) is 55.4 Å². The normalized spacial score (nSPS) is 20.1. The molecular formula is C49H58N6O10S. The molecule has 2 fully saturated rings. The first kappa shape index (κ1) is 47.3. The molecule has 16 nitrogen and oxygen atoms in total. The highest BCUT2D eigenvalue weighted by atomic mass is 32.2. The Kier molecular flexibility index (Phi) is 16.8. The second kappa shape index (κ2) is 23.5. The molecule has 2 saturated heterocycles. The molecule has 66 heavy (non-hydrogen) atoms. The molecule has 1 aromatic heterocycles. The third-order valence-electron chi connectivity index (χ3n) is 12.3. The Morgan fingerprint density at radius 1 is 0.818 bits per heavy atom. The van der Waals surface area contributed by atoms with E-state index in [9.17, 15) is 24.3 Å².